The first kappa shape index (κ1) is 11.3. The van der Waals surface area contributed by atoms with E-state index in [-0.39, 0.29) is 39.4 Å². The van der Waals surface area contributed by atoms with Crippen LogP contribution in [0.3, 0.4) is 0 Å². The molecule has 0 spiro atoms. The molecule has 0 fully saturated rings. The first-order chi connectivity index (χ1) is 2.50. The van der Waals surface area contributed by atoms with Gasteiger partial charge in [-0.1, -0.05) is 0 Å². The van der Waals surface area contributed by atoms with Crippen LogP contribution in [0.4, 0.5) is 0 Å². The van der Waals surface area contributed by atoms with Gasteiger partial charge in [0.05, 0.1) is 0 Å². The SMILES string of the molecule is C1=C[I-]C=C1.[Ag+].[Br-]. The summed E-state index contributed by atoms with van der Waals surface area (Å²) in [6.07, 6.45) is 4.21. The summed E-state index contributed by atoms with van der Waals surface area (Å²) in [5.74, 6) is 0. The Labute approximate surface area is 80.0 Å². The number of rotatable bonds is 0. The molecule has 0 radical (unpaired) electrons. The van der Waals surface area contributed by atoms with E-state index in [4.69, 9.17) is 0 Å². The van der Waals surface area contributed by atoms with Gasteiger partial charge in [-0.25, -0.2) is 0 Å². The van der Waals surface area contributed by atoms with Crippen LogP contribution in [0.25, 0.3) is 0 Å². The summed E-state index contributed by atoms with van der Waals surface area (Å²) in [6, 6.07) is 0. The predicted octanol–water partition coefficient (Wildman–Crippen LogP) is -4.88. The second-order valence-corrected chi connectivity index (χ2v) is 2.92. The van der Waals surface area contributed by atoms with Gasteiger partial charge in [-0.15, -0.1) is 0 Å². The zero-order valence-electron chi connectivity index (χ0n) is 3.37. The third-order valence-electron chi connectivity index (χ3n) is 0.402. The van der Waals surface area contributed by atoms with E-state index in [9.17, 15) is 0 Å². The van der Waals surface area contributed by atoms with Gasteiger partial charge in [0.1, 0.15) is 0 Å². The van der Waals surface area contributed by atoms with Crippen molar-refractivity contribution in [2.45, 2.75) is 0 Å². The normalized spacial score (nSPS) is 13.7. The summed E-state index contributed by atoms with van der Waals surface area (Å²) >= 11 is 0.381. The van der Waals surface area contributed by atoms with Gasteiger partial charge in [0, 0.05) is 0 Å². The maximum absolute atomic E-state index is 2.24. The molecule has 0 nitrogen and oxygen atoms in total. The van der Waals surface area contributed by atoms with Gasteiger partial charge < -0.3 is 17.0 Å². The standard InChI is InChI=1S/C4H4I.Ag.BrH/c1-2-4-5-3-1;;/h1-4H;;1H/q-1;+1;/p-1. The molecule has 1 rings (SSSR count). The molecule has 0 amide bonds. The van der Waals surface area contributed by atoms with E-state index in [1.165, 1.54) is 0 Å². The summed E-state index contributed by atoms with van der Waals surface area (Å²) < 4.78 is 4.47. The average Bonchev–Trinajstić information content (AvgIpc) is 1.76. The van der Waals surface area contributed by atoms with Gasteiger partial charge in [-0.3, -0.25) is 0 Å². The van der Waals surface area contributed by atoms with Crippen LogP contribution in [-0.4, -0.2) is 0 Å². The molecule has 1 heterocycles. The third-order valence-corrected chi connectivity index (χ3v) is 2.06. The van der Waals surface area contributed by atoms with Gasteiger partial charge in [-0.05, 0) is 0 Å². The zero-order chi connectivity index (χ0) is 3.54. The molecule has 0 aliphatic carbocycles. The minimum atomic E-state index is 0. The Morgan fingerprint density at radius 3 is 1.57 bits per heavy atom. The molecule has 7 heavy (non-hydrogen) atoms. The van der Waals surface area contributed by atoms with E-state index in [0.717, 1.165) is 0 Å². The van der Waals surface area contributed by atoms with E-state index in [1.54, 1.807) is 0 Å². The summed E-state index contributed by atoms with van der Waals surface area (Å²) in [6.45, 7) is 0. The van der Waals surface area contributed by atoms with Gasteiger partial charge >= 0.3 is 63.9 Å². The maximum Gasteiger partial charge on any atom is 1.00 e. The molecule has 0 saturated carbocycles. The maximum atomic E-state index is 2.24. The van der Waals surface area contributed by atoms with E-state index in [1.807, 2.05) is 0 Å². The minimum absolute atomic E-state index is 0. The molecule has 1 aliphatic rings. The summed E-state index contributed by atoms with van der Waals surface area (Å²) in [4.78, 5) is 0. The van der Waals surface area contributed by atoms with Crippen LogP contribution in [-0.2, 0) is 22.4 Å². The molecule has 0 bridgehead atoms. The van der Waals surface area contributed by atoms with Crippen LogP contribution in [0.5, 0.6) is 0 Å². The monoisotopic (exact) mass is 365 g/mol. The van der Waals surface area contributed by atoms with Crippen molar-refractivity contribution >= 4 is 0 Å². The molecule has 0 N–H and O–H groups in total. The van der Waals surface area contributed by atoms with Crippen molar-refractivity contribution < 1.29 is 60.6 Å². The van der Waals surface area contributed by atoms with Crippen molar-refractivity contribution in [3.63, 3.8) is 0 Å². The first-order valence-electron chi connectivity index (χ1n) is 1.44. The molecule has 3 heteroatoms. The van der Waals surface area contributed by atoms with E-state index in [0.29, 0.717) is 21.2 Å². The summed E-state index contributed by atoms with van der Waals surface area (Å²) in [5, 5.41) is 0. The molecular formula is C4H4AgBrI-. The zero-order valence-corrected chi connectivity index (χ0v) is 8.59. The average molecular weight is 367 g/mol. The molecule has 0 unspecified atom stereocenters. The van der Waals surface area contributed by atoms with E-state index in [2.05, 4.69) is 20.3 Å². The second-order valence-electron chi connectivity index (χ2n) is 0.763. The Balaban J connectivity index is 0. The van der Waals surface area contributed by atoms with Crippen LogP contribution in [0.15, 0.2) is 20.3 Å². The van der Waals surface area contributed by atoms with Gasteiger partial charge in [0.2, 0.25) is 0 Å². The van der Waals surface area contributed by atoms with Crippen molar-refractivity contribution in [2.24, 2.45) is 0 Å². The summed E-state index contributed by atoms with van der Waals surface area (Å²) in [7, 11) is 0. The molecule has 0 aromatic carbocycles. The van der Waals surface area contributed by atoms with Crippen molar-refractivity contribution in [3.05, 3.63) is 20.3 Å². The molecule has 1 aliphatic heterocycles. The first-order valence-corrected chi connectivity index (χ1v) is 3.93. The quantitative estimate of drug-likeness (QED) is 0.298. The Bertz CT molecular complexity index is 69.8. The number of allylic oxidation sites excluding steroid dienone is 2. The van der Waals surface area contributed by atoms with Crippen LogP contribution in [0.1, 0.15) is 0 Å². The van der Waals surface area contributed by atoms with E-state index < -0.39 is 0 Å². The Kier molecular flexibility index (Phi) is 11.9. The van der Waals surface area contributed by atoms with Crippen molar-refractivity contribution in [3.8, 4) is 0 Å². The fraction of sp³-hybridized carbons (Fsp3) is 0. The molecular weight excluding hydrogens is 363 g/mol. The van der Waals surface area contributed by atoms with Crippen LogP contribution in [0, 0.1) is 0 Å². The van der Waals surface area contributed by atoms with Gasteiger partial charge in [-0.2, -0.15) is 0 Å². The molecule has 0 atom stereocenters. The van der Waals surface area contributed by atoms with Crippen LogP contribution in [0.2, 0.25) is 0 Å². The smallest absolute Gasteiger partial charge is 1.00 e. The fourth-order valence-electron chi connectivity index (χ4n) is 0.210. The third kappa shape index (κ3) is 5.30. The minimum Gasteiger partial charge on any atom is -1.00 e. The Hall–Kier alpha value is 1.43. The van der Waals surface area contributed by atoms with Gasteiger partial charge in [0.15, 0.2) is 0 Å². The largest absolute Gasteiger partial charge is 1.00 e. The molecule has 46 valence electrons. The van der Waals surface area contributed by atoms with Crippen molar-refractivity contribution in [2.75, 3.05) is 0 Å². The van der Waals surface area contributed by atoms with Crippen molar-refractivity contribution in [1.29, 1.82) is 0 Å². The van der Waals surface area contributed by atoms with E-state index >= 15 is 0 Å². The van der Waals surface area contributed by atoms with Crippen LogP contribution >= 0.6 is 0 Å². The topological polar surface area (TPSA) is 0 Å². The second kappa shape index (κ2) is 7.43. The van der Waals surface area contributed by atoms with Crippen LogP contribution < -0.4 is 38.2 Å². The number of hydrogen-bond donors (Lipinski definition) is 0. The van der Waals surface area contributed by atoms with Crippen molar-refractivity contribution in [1.82, 2.24) is 0 Å². The van der Waals surface area contributed by atoms with Gasteiger partial charge in [0.25, 0.3) is 0 Å². The Morgan fingerprint density at radius 1 is 1.00 bits per heavy atom. The number of hydrogen-bond acceptors (Lipinski definition) is 0. The molecule has 0 aromatic rings. The summed E-state index contributed by atoms with van der Waals surface area (Å²) in [5.41, 5.74) is 0. The predicted molar refractivity (Wildman–Crippen MR) is 18.3 cm³/mol. The molecule has 0 saturated heterocycles. The molecule has 0 aromatic heterocycles. The Morgan fingerprint density at radius 2 is 1.43 bits per heavy atom. The fourth-order valence-corrected chi connectivity index (χ4v) is 1.41. The number of halogens is 2.